The molecule has 1 aromatic heterocycles. The number of aromatic nitrogens is 1. The first kappa shape index (κ1) is 15.4. The van der Waals surface area contributed by atoms with Gasteiger partial charge in [0.1, 0.15) is 5.69 Å². The molecule has 106 valence electrons. The van der Waals surface area contributed by atoms with Gasteiger partial charge in [-0.25, -0.2) is 9.78 Å². The van der Waals surface area contributed by atoms with Crippen LogP contribution in [-0.4, -0.2) is 39.7 Å². The van der Waals surface area contributed by atoms with E-state index >= 15 is 0 Å². The number of alkyl halides is 3. The zero-order chi connectivity index (χ0) is 14.6. The van der Waals surface area contributed by atoms with Crippen molar-refractivity contribution in [2.75, 3.05) is 6.54 Å². The number of halogens is 3. The fraction of sp³-hybridized carbons (Fsp3) is 0.500. The highest BCUT2D eigenvalue weighted by atomic mass is 19.4. The minimum absolute atomic E-state index is 0.0434. The highest BCUT2D eigenvalue weighted by molar-refractivity contribution is 5.85. The summed E-state index contributed by atoms with van der Waals surface area (Å²) in [5.74, 6) is -1.20. The van der Waals surface area contributed by atoms with E-state index in [4.69, 9.17) is 5.11 Å². The van der Waals surface area contributed by atoms with Crippen LogP contribution in [0, 0.1) is 0 Å². The van der Waals surface area contributed by atoms with Crippen LogP contribution in [0.25, 0.3) is 0 Å². The maximum absolute atomic E-state index is 12.4. The molecule has 0 aliphatic heterocycles. The number of hydrogen-bond acceptors (Lipinski definition) is 3. The standard InChI is InChI=1S/C12H15F3N2O2/c1-8(2)17(7-12(13,14)15)6-9-4-3-5-10(16-9)11(18)19/h3-5,8H,6-7H2,1-2H3,(H,18,19). The molecule has 0 radical (unpaired) electrons. The van der Waals surface area contributed by atoms with Gasteiger partial charge in [-0.1, -0.05) is 6.07 Å². The third kappa shape index (κ3) is 5.25. The molecule has 1 aromatic rings. The number of nitrogens with zero attached hydrogens (tertiary/aromatic N) is 2. The van der Waals surface area contributed by atoms with E-state index < -0.39 is 18.7 Å². The molecule has 4 nitrogen and oxygen atoms in total. The Labute approximate surface area is 108 Å². The van der Waals surface area contributed by atoms with Crippen LogP contribution in [-0.2, 0) is 6.54 Å². The fourth-order valence-electron chi connectivity index (χ4n) is 1.55. The van der Waals surface area contributed by atoms with E-state index in [-0.39, 0.29) is 18.3 Å². The predicted molar refractivity (Wildman–Crippen MR) is 62.8 cm³/mol. The van der Waals surface area contributed by atoms with Crippen LogP contribution in [0.4, 0.5) is 13.2 Å². The second-order valence-electron chi connectivity index (χ2n) is 4.43. The van der Waals surface area contributed by atoms with Gasteiger partial charge in [-0.3, -0.25) is 4.90 Å². The Bertz CT molecular complexity index is 447. The smallest absolute Gasteiger partial charge is 0.401 e. The van der Waals surface area contributed by atoms with Gasteiger partial charge >= 0.3 is 12.1 Å². The maximum atomic E-state index is 12.4. The first-order valence-corrected chi connectivity index (χ1v) is 5.69. The van der Waals surface area contributed by atoms with Gasteiger partial charge in [0.05, 0.1) is 12.2 Å². The highest BCUT2D eigenvalue weighted by Crippen LogP contribution is 2.19. The zero-order valence-corrected chi connectivity index (χ0v) is 10.6. The number of rotatable bonds is 5. The molecule has 7 heteroatoms. The number of carbonyl (C=O) groups is 1. The third-order valence-corrected chi connectivity index (χ3v) is 2.50. The van der Waals surface area contributed by atoms with E-state index in [2.05, 4.69) is 4.98 Å². The maximum Gasteiger partial charge on any atom is 0.401 e. The Hall–Kier alpha value is -1.63. The van der Waals surface area contributed by atoms with Crippen LogP contribution in [0.3, 0.4) is 0 Å². The van der Waals surface area contributed by atoms with Crippen molar-refractivity contribution in [3.63, 3.8) is 0 Å². The lowest BCUT2D eigenvalue weighted by atomic mass is 10.2. The summed E-state index contributed by atoms with van der Waals surface area (Å²) in [5, 5.41) is 8.78. The Morgan fingerprint density at radius 2 is 2.05 bits per heavy atom. The molecule has 0 saturated heterocycles. The fourth-order valence-corrected chi connectivity index (χ4v) is 1.55. The molecule has 1 rings (SSSR count). The highest BCUT2D eigenvalue weighted by Gasteiger charge is 2.31. The van der Waals surface area contributed by atoms with Gasteiger partial charge in [-0.05, 0) is 26.0 Å². The van der Waals surface area contributed by atoms with Gasteiger partial charge in [0.15, 0.2) is 0 Å². The van der Waals surface area contributed by atoms with E-state index in [1.54, 1.807) is 13.8 Å². The molecular weight excluding hydrogens is 261 g/mol. The molecule has 0 aliphatic carbocycles. The molecule has 0 aliphatic rings. The predicted octanol–water partition coefficient (Wildman–Crippen LogP) is 2.55. The molecule has 1 heterocycles. The van der Waals surface area contributed by atoms with Crippen molar-refractivity contribution in [3.05, 3.63) is 29.6 Å². The Balaban J connectivity index is 2.85. The van der Waals surface area contributed by atoms with Gasteiger partial charge in [0.2, 0.25) is 0 Å². The lowest BCUT2D eigenvalue weighted by Gasteiger charge is -2.27. The van der Waals surface area contributed by atoms with E-state index in [9.17, 15) is 18.0 Å². The van der Waals surface area contributed by atoms with Gasteiger partial charge < -0.3 is 5.11 Å². The number of carboxylic acid groups (broad SMARTS) is 1. The summed E-state index contributed by atoms with van der Waals surface area (Å²) < 4.78 is 37.3. The van der Waals surface area contributed by atoms with Gasteiger partial charge in [0.25, 0.3) is 0 Å². The van der Waals surface area contributed by atoms with Crippen LogP contribution < -0.4 is 0 Å². The summed E-state index contributed by atoms with van der Waals surface area (Å²) >= 11 is 0. The lowest BCUT2D eigenvalue weighted by Crippen LogP contribution is -2.38. The zero-order valence-electron chi connectivity index (χ0n) is 10.6. The van der Waals surface area contributed by atoms with Crippen LogP contribution in [0.5, 0.6) is 0 Å². The molecule has 0 atom stereocenters. The van der Waals surface area contributed by atoms with Crippen molar-refractivity contribution in [2.24, 2.45) is 0 Å². The van der Waals surface area contributed by atoms with Crippen molar-refractivity contribution in [3.8, 4) is 0 Å². The second kappa shape index (κ2) is 6.01. The van der Waals surface area contributed by atoms with Crippen LogP contribution in [0.1, 0.15) is 30.0 Å². The minimum atomic E-state index is -4.30. The topological polar surface area (TPSA) is 53.4 Å². The molecule has 1 N–H and O–H groups in total. The van der Waals surface area contributed by atoms with Crippen molar-refractivity contribution in [1.82, 2.24) is 9.88 Å². The number of carboxylic acids is 1. The van der Waals surface area contributed by atoms with Crippen molar-refractivity contribution in [2.45, 2.75) is 32.6 Å². The van der Waals surface area contributed by atoms with Gasteiger partial charge in [-0.15, -0.1) is 0 Å². The number of pyridine rings is 1. The Morgan fingerprint density at radius 3 is 2.53 bits per heavy atom. The molecule has 0 aromatic carbocycles. The summed E-state index contributed by atoms with van der Waals surface area (Å²) in [7, 11) is 0. The van der Waals surface area contributed by atoms with Crippen LogP contribution >= 0.6 is 0 Å². The third-order valence-electron chi connectivity index (χ3n) is 2.50. The molecule has 0 spiro atoms. The van der Waals surface area contributed by atoms with Crippen molar-refractivity contribution >= 4 is 5.97 Å². The van der Waals surface area contributed by atoms with E-state index in [1.165, 1.54) is 23.1 Å². The number of aromatic carboxylic acids is 1. The first-order chi connectivity index (χ1) is 8.69. The largest absolute Gasteiger partial charge is 0.477 e. The van der Waals surface area contributed by atoms with Crippen LogP contribution in [0.15, 0.2) is 18.2 Å². The second-order valence-corrected chi connectivity index (χ2v) is 4.43. The summed E-state index contributed by atoms with van der Waals surface area (Å²) in [4.78, 5) is 15.7. The van der Waals surface area contributed by atoms with Crippen LogP contribution in [0.2, 0.25) is 0 Å². The molecule has 0 amide bonds. The molecular formula is C12H15F3N2O2. The molecule has 19 heavy (non-hydrogen) atoms. The average molecular weight is 276 g/mol. The SMILES string of the molecule is CC(C)N(Cc1cccc(C(=O)O)n1)CC(F)(F)F. The quantitative estimate of drug-likeness (QED) is 0.898. The first-order valence-electron chi connectivity index (χ1n) is 5.69. The summed E-state index contributed by atoms with van der Waals surface area (Å²) in [6.07, 6.45) is -4.30. The summed E-state index contributed by atoms with van der Waals surface area (Å²) in [6, 6.07) is 3.96. The lowest BCUT2D eigenvalue weighted by molar-refractivity contribution is -0.151. The minimum Gasteiger partial charge on any atom is -0.477 e. The van der Waals surface area contributed by atoms with Gasteiger partial charge in [-0.2, -0.15) is 13.2 Å². The van der Waals surface area contributed by atoms with Gasteiger partial charge in [0, 0.05) is 12.6 Å². The van der Waals surface area contributed by atoms with E-state index in [0.29, 0.717) is 5.69 Å². The molecule has 0 unspecified atom stereocenters. The van der Waals surface area contributed by atoms with E-state index in [0.717, 1.165) is 0 Å². The molecule has 0 bridgehead atoms. The monoisotopic (exact) mass is 276 g/mol. The van der Waals surface area contributed by atoms with E-state index in [1.807, 2.05) is 0 Å². The Kier molecular flexibility index (Phi) is 4.88. The summed E-state index contributed by atoms with van der Waals surface area (Å²) in [6.45, 7) is 2.20. The average Bonchev–Trinajstić information content (AvgIpc) is 2.26. The molecule has 0 fully saturated rings. The summed E-state index contributed by atoms with van der Waals surface area (Å²) in [5.41, 5.74) is 0.131. The van der Waals surface area contributed by atoms with Crippen molar-refractivity contribution < 1.29 is 23.1 Å². The Morgan fingerprint density at radius 1 is 1.42 bits per heavy atom. The normalized spacial score (nSPS) is 12.2. The van der Waals surface area contributed by atoms with Crippen molar-refractivity contribution in [1.29, 1.82) is 0 Å². The molecule has 0 saturated carbocycles. The number of hydrogen-bond donors (Lipinski definition) is 1.